The van der Waals surface area contributed by atoms with Gasteiger partial charge in [0.25, 0.3) is 5.56 Å². The minimum absolute atomic E-state index is 0.314. The van der Waals surface area contributed by atoms with E-state index in [4.69, 9.17) is 4.98 Å². The first-order valence-corrected chi connectivity index (χ1v) is 11.2. The SMILES string of the molecule is CC(C(=O)Nc1ccccc1-c1cn2c(n1)CCCC2)n1nc(-c2ccccc2)ccc1=O. The number of aryl methyl sites for hydroxylation is 2. The summed E-state index contributed by atoms with van der Waals surface area (Å²) in [6, 6.07) is 19.5. The molecule has 0 fully saturated rings. The van der Waals surface area contributed by atoms with Crippen molar-refractivity contribution in [1.29, 1.82) is 0 Å². The molecule has 0 saturated carbocycles. The van der Waals surface area contributed by atoms with E-state index in [9.17, 15) is 9.59 Å². The highest BCUT2D eigenvalue weighted by Gasteiger charge is 2.21. The molecule has 166 valence electrons. The Kier molecular flexibility index (Phi) is 5.60. The van der Waals surface area contributed by atoms with Crippen LogP contribution < -0.4 is 10.9 Å². The Balaban J connectivity index is 1.42. The van der Waals surface area contributed by atoms with Crippen molar-refractivity contribution in [2.75, 3.05) is 5.32 Å². The molecule has 1 unspecified atom stereocenters. The van der Waals surface area contributed by atoms with E-state index >= 15 is 0 Å². The summed E-state index contributed by atoms with van der Waals surface area (Å²) in [4.78, 5) is 30.5. The average Bonchev–Trinajstić information content (AvgIpc) is 3.29. The van der Waals surface area contributed by atoms with Gasteiger partial charge in [-0.3, -0.25) is 9.59 Å². The second-order valence-corrected chi connectivity index (χ2v) is 8.27. The van der Waals surface area contributed by atoms with Crippen LogP contribution in [0.4, 0.5) is 5.69 Å². The van der Waals surface area contributed by atoms with Gasteiger partial charge >= 0.3 is 0 Å². The standard InChI is InChI=1S/C26H25N5O2/c1-18(31-25(32)15-14-21(29-31)19-9-3-2-4-10-19)26(33)28-22-12-6-5-11-20(22)23-17-30-16-8-7-13-24(30)27-23/h2-6,9-12,14-15,17-18H,7-8,13,16H2,1H3,(H,28,33). The highest BCUT2D eigenvalue weighted by molar-refractivity contribution is 5.97. The van der Waals surface area contributed by atoms with Gasteiger partial charge in [0.15, 0.2) is 0 Å². The van der Waals surface area contributed by atoms with Crippen molar-refractivity contribution in [3.8, 4) is 22.5 Å². The molecule has 1 N–H and O–H groups in total. The summed E-state index contributed by atoms with van der Waals surface area (Å²) >= 11 is 0. The zero-order chi connectivity index (χ0) is 22.8. The van der Waals surface area contributed by atoms with Crippen LogP contribution in [-0.2, 0) is 17.8 Å². The highest BCUT2D eigenvalue weighted by Crippen LogP contribution is 2.29. The van der Waals surface area contributed by atoms with Gasteiger partial charge in [0, 0.05) is 36.4 Å². The molecule has 5 rings (SSSR count). The van der Waals surface area contributed by atoms with Gasteiger partial charge in [-0.05, 0) is 31.9 Å². The fourth-order valence-electron chi connectivity index (χ4n) is 4.17. The Hall–Kier alpha value is -4.00. The average molecular weight is 440 g/mol. The van der Waals surface area contributed by atoms with Gasteiger partial charge in [0.2, 0.25) is 5.91 Å². The van der Waals surface area contributed by atoms with Crippen LogP contribution in [0.1, 0.15) is 31.6 Å². The smallest absolute Gasteiger partial charge is 0.267 e. The minimum atomic E-state index is -0.788. The van der Waals surface area contributed by atoms with Crippen LogP contribution in [0.25, 0.3) is 22.5 Å². The monoisotopic (exact) mass is 439 g/mol. The molecule has 1 amide bonds. The van der Waals surface area contributed by atoms with E-state index in [-0.39, 0.29) is 11.5 Å². The number of rotatable bonds is 5. The van der Waals surface area contributed by atoms with Crippen LogP contribution in [0, 0.1) is 0 Å². The number of fused-ring (bicyclic) bond motifs is 1. The van der Waals surface area contributed by atoms with Gasteiger partial charge in [-0.25, -0.2) is 9.67 Å². The van der Waals surface area contributed by atoms with E-state index in [0.29, 0.717) is 11.4 Å². The van der Waals surface area contributed by atoms with Crippen LogP contribution >= 0.6 is 0 Å². The number of amides is 1. The van der Waals surface area contributed by atoms with Crippen molar-refractivity contribution in [3.05, 3.63) is 89.1 Å². The van der Waals surface area contributed by atoms with E-state index in [1.165, 1.54) is 10.7 Å². The Morgan fingerprint density at radius 3 is 2.58 bits per heavy atom. The molecule has 3 heterocycles. The normalized spacial score (nSPS) is 13.8. The number of nitrogens with one attached hydrogen (secondary N) is 1. The third-order valence-corrected chi connectivity index (χ3v) is 6.01. The number of para-hydroxylation sites is 1. The van der Waals surface area contributed by atoms with E-state index < -0.39 is 6.04 Å². The summed E-state index contributed by atoms with van der Waals surface area (Å²) in [6.07, 6.45) is 5.33. The summed E-state index contributed by atoms with van der Waals surface area (Å²) in [5.41, 5.74) is 3.56. The number of nitrogens with zero attached hydrogens (tertiary/aromatic N) is 4. The first kappa shape index (κ1) is 20.9. The largest absolute Gasteiger partial charge is 0.334 e. The lowest BCUT2D eigenvalue weighted by Crippen LogP contribution is -2.33. The van der Waals surface area contributed by atoms with Crippen LogP contribution in [0.3, 0.4) is 0 Å². The van der Waals surface area contributed by atoms with E-state index in [1.54, 1.807) is 13.0 Å². The number of anilines is 1. The molecular formula is C26H25N5O2. The van der Waals surface area contributed by atoms with Crippen molar-refractivity contribution in [2.45, 2.75) is 38.8 Å². The number of benzene rings is 2. The third-order valence-electron chi connectivity index (χ3n) is 6.01. The number of carbonyl (C=O) groups excluding carboxylic acids is 1. The molecule has 0 spiro atoms. The predicted octanol–water partition coefficient (Wildman–Crippen LogP) is 4.31. The van der Waals surface area contributed by atoms with Gasteiger partial charge < -0.3 is 9.88 Å². The van der Waals surface area contributed by atoms with Crippen molar-refractivity contribution < 1.29 is 4.79 Å². The Morgan fingerprint density at radius 2 is 1.76 bits per heavy atom. The van der Waals surface area contributed by atoms with Gasteiger partial charge in [0.05, 0.1) is 17.1 Å². The fourth-order valence-corrected chi connectivity index (χ4v) is 4.17. The predicted molar refractivity (Wildman–Crippen MR) is 128 cm³/mol. The Bertz CT molecular complexity index is 1330. The molecule has 33 heavy (non-hydrogen) atoms. The molecule has 0 radical (unpaired) electrons. The van der Waals surface area contributed by atoms with Crippen molar-refractivity contribution in [2.24, 2.45) is 0 Å². The molecule has 0 bridgehead atoms. The maximum Gasteiger partial charge on any atom is 0.267 e. The number of hydrogen-bond acceptors (Lipinski definition) is 4. The van der Waals surface area contributed by atoms with E-state index in [0.717, 1.165) is 48.5 Å². The summed E-state index contributed by atoms with van der Waals surface area (Å²) in [5, 5.41) is 7.44. The summed E-state index contributed by atoms with van der Waals surface area (Å²) < 4.78 is 3.42. The lowest BCUT2D eigenvalue weighted by Gasteiger charge is -2.16. The molecule has 0 aliphatic carbocycles. The second kappa shape index (κ2) is 8.86. The first-order chi connectivity index (χ1) is 16.1. The molecule has 1 atom stereocenters. The Labute approximate surface area is 191 Å². The van der Waals surface area contributed by atoms with E-state index in [1.807, 2.05) is 54.6 Å². The van der Waals surface area contributed by atoms with Crippen LogP contribution in [-0.4, -0.2) is 25.2 Å². The summed E-state index contributed by atoms with van der Waals surface area (Å²) in [6.45, 7) is 2.65. The molecule has 2 aromatic carbocycles. The van der Waals surface area contributed by atoms with Crippen molar-refractivity contribution in [1.82, 2.24) is 19.3 Å². The minimum Gasteiger partial charge on any atom is -0.334 e. The molecule has 1 aliphatic rings. The zero-order valence-corrected chi connectivity index (χ0v) is 18.4. The molecule has 7 heteroatoms. The first-order valence-electron chi connectivity index (χ1n) is 11.2. The molecule has 2 aromatic heterocycles. The van der Waals surface area contributed by atoms with Crippen molar-refractivity contribution in [3.63, 3.8) is 0 Å². The van der Waals surface area contributed by atoms with E-state index in [2.05, 4.69) is 21.2 Å². The van der Waals surface area contributed by atoms with Crippen LogP contribution in [0.5, 0.6) is 0 Å². The maximum atomic E-state index is 13.2. The topological polar surface area (TPSA) is 81.8 Å². The lowest BCUT2D eigenvalue weighted by atomic mass is 10.1. The maximum absolute atomic E-state index is 13.2. The molecule has 4 aromatic rings. The van der Waals surface area contributed by atoms with Gasteiger partial charge in [-0.1, -0.05) is 48.5 Å². The van der Waals surface area contributed by atoms with Crippen molar-refractivity contribution >= 4 is 11.6 Å². The van der Waals surface area contributed by atoms with Crippen LogP contribution in [0.15, 0.2) is 77.7 Å². The second-order valence-electron chi connectivity index (χ2n) is 8.27. The van der Waals surface area contributed by atoms with Gasteiger partial charge in [-0.2, -0.15) is 5.10 Å². The summed E-state index contributed by atoms with van der Waals surface area (Å²) in [7, 11) is 0. The Morgan fingerprint density at radius 1 is 0.970 bits per heavy atom. The molecule has 0 saturated heterocycles. The number of carbonyl (C=O) groups is 1. The molecule has 1 aliphatic heterocycles. The summed E-state index contributed by atoms with van der Waals surface area (Å²) in [5.74, 6) is 0.769. The highest BCUT2D eigenvalue weighted by atomic mass is 16.2. The van der Waals surface area contributed by atoms with Gasteiger partial charge in [0.1, 0.15) is 11.9 Å². The lowest BCUT2D eigenvalue weighted by molar-refractivity contribution is -0.119. The zero-order valence-electron chi connectivity index (χ0n) is 18.4. The quantitative estimate of drug-likeness (QED) is 0.502. The number of hydrogen-bond donors (Lipinski definition) is 1. The van der Waals surface area contributed by atoms with Crippen LogP contribution in [0.2, 0.25) is 0 Å². The number of aromatic nitrogens is 4. The third kappa shape index (κ3) is 4.22. The fraction of sp³-hybridized carbons (Fsp3) is 0.231. The molecule has 7 nitrogen and oxygen atoms in total. The van der Waals surface area contributed by atoms with Gasteiger partial charge in [-0.15, -0.1) is 0 Å². The number of imidazole rings is 1. The molecular weight excluding hydrogens is 414 g/mol.